The molecule has 0 spiro atoms. The number of hydrogen-bond acceptors (Lipinski definition) is 0. The SMILES string of the molecule is CC(C)C1CC2CC=CC=C2[CH]1[Hf]([CH3])([CH3])(=[GeH2])[CH]1C2=CC=CCC2CC1C(C)C.Cl.Cl. The Morgan fingerprint density at radius 3 is 1.47 bits per heavy atom. The second kappa shape index (κ2) is 9.67. The summed E-state index contributed by atoms with van der Waals surface area (Å²) in [5.41, 5.74) is 3.82. The van der Waals surface area contributed by atoms with Crippen LogP contribution in [0.25, 0.3) is 0 Å². The molecule has 2 fully saturated rings. The Labute approximate surface area is 204 Å². The molecule has 0 aliphatic heterocycles. The first kappa shape index (κ1) is 27.2. The minimum atomic E-state index is -3.16. The fourth-order valence-electron chi connectivity index (χ4n) is 8.00. The third-order valence-electron chi connectivity index (χ3n) is 9.08. The molecule has 4 rings (SSSR count). The van der Waals surface area contributed by atoms with E-state index in [-0.39, 0.29) is 24.8 Å². The molecular weight excluding hydrogens is 634 g/mol. The Morgan fingerprint density at radius 2 is 1.13 bits per heavy atom. The molecule has 0 aromatic carbocycles. The van der Waals surface area contributed by atoms with E-state index < -0.39 is 15.4 Å². The molecule has 0 amide bonds. The molecule has 170 valence electrons. The van der Waals surface area contributed by atoms with Gasteiger partial charge < -0.3 is 0 Å². The van der Waals surface area contributed by atoms with Gasteiger partial charge in [0.15, 0.2) is 0 Å². The Morgan fingerprint density at radius 1 is 0.767 bits per heavy atom. The topological polar surface area (TPSA) is 0 Å². The summed E-state index contributed by atoms with van der Waals surface area (Å²) in [7, 11) is 0. The Kier molecular flexibility index (Phi) is 8.77. The Balaban J connectivity index is 0.00000160. The molecule has 6 unspecified atom stereocenters. The van der Waals surface area contributed by atoms with Crippen LogP contribution in [0.3, 0.4) is 0 Å². The number of halogens is 2. The molecule has 30 heavy (non-hydrogen) atoms. The van der Waals surface area contributed by atoms with Crippen LogP contribution in [0.2, 0.25) is 16.7 Å². The molecular formula is C26H44Cl2GeHf. The number of fused-ring (bicyclic) bond motifs is 2. The molecule has 0 nitrogen and oxygen atoms in total. The maximum absolute atomic E-state index is 3.16. The van der Waals surface area contributed by atoms with Gasteiger partial charge in [0, 0.05) is 0 Å². The predicted octanol–water partition coefficient (Wildman–Crippen LogP) is 8.10. The quantitative estimate of drug-likeness (QED) is 0.264. The molecule has 0 aromatic heterocycles. The van der Waals surface area contributed by atoms with Crippen molar-refractivity contribution in [2.75, 3.05) is 0 Å². The third-order valence-corrected chi connectivity index (χ3v) is 44.3. The summed E-state index contributed by atoms with van der Waals surface area (Å²) in [5, 5.41) is 0. The van der Waals surface area contributed by atoms with Crippen molar-refractivity contribution in [1.29, 1.82) is 0 Å². The fourth-order valence-corrected chi connectivity index (χ4v) is 52.0. The van der Waals surface area contributed by atoms with E-state index in [0.29, 0.717) is 0 Å². The summed E-state index contributed by atoms with van der Waals surface area (Å²) in [6, 6.07) is 0. The predicted molar refractivity (Wildman–Crippen MR) is 139 cm³/mol. The van der Waals surface area contributed by atoms with Gasteiger partial charge in [-0.15, -0.1) is 24.8 Å². The molecule has 6 atom stereocenters. The summed E-state index contributed by atoms with van der Waals surface area (Å²) in [6.07, 6.45) is 20.4. The van der Waals surface area contributed by atoms with Crippen LogP contribution >= 0.6 is 24.8 Å². The van der Waals surface area contributed by atoms with Crippen molar-refractivity contribution in [3.8, 4) is 0 Å². The molecule has 0 radical (unpaired) electrons. The summed E-state index contributed by atoms with van der Waals surface area (Å²) in [5.74, 6) is 5.24. The van der Waals surface area contributed by atoms with Crippen molar-refractivity contribution in [3.05, 3.63) is 47.6 Å². The summed E-state index contributed by atoms with van der Waals surface area (Å²) in [6.45, 7) is 10.1. The van der Waals surface area contributed by atoms with Crippen LogP contribution in [0.5, 0.6) is 0 Å². The van der Waals surface area contributed by atoms with Crippen LogP contribution in [0, 0.1) is 35.5 Å². The third kappa shape index (κ3) is 4.49. The maximum atomic E-state index is 2.93. The summed E-state index contributed by atoms with van der Waals surface area (Å²) in [4.78, 5) is 0. The molecule has 4 aliphatic rings. The van der Waals surface area contributed by atoms with Crippen molar-refractivity contribution in [2.24, 2.45) is 35.5 Å². The molecule has 0 saturated heterocycles. The van der Waals surface area contributed by atoms with E-state index in [2.05, 4.69) is 73.5 Å². The fraction of sp³-hybridized carbons (Fsp3) is 0.692. The van der Waals surface area contributed by atoms with E-state index in [0.717, 1.165) is 42.9 Å². The van der Waals surface area contributed by atoms with Gasteiger partial charge >= 0.3 is 181 Å². The van der Waals surface area contributed by atoms with Crippen molar-refractivity contribution < 1.29 is 15.4 Å². The molecule has 2 saturated carbocycles. The molecule has 0 bridgehead atoms. The number of hydrogen-bond donors (Lipinski definition) is 0. The number of allylic oxidation sites excluding steroid dienone is 8. The van der Waals surface area contributed by atoms with Crippen LogP contribution in [0.1, 0.15) is 53.4 Å². The Bertz CT molecular complexity index is 764. The average Bonchev–Trinajstić information content (AvgIpc) is 3.21. The molecule has 0 aromatic rings. The second-order valence-electron chi connectivity index (χ2n) is 12.2. The van der Waals surface area contributed by atoms with Crippen molar-refractivity contribution in [3.63, 3.8) is 0 Å². The van der Waals surface area contributed by atoms with Crippen molar-refractivity contribution >= 4 is 37.0 Å². The zero-order chi connectivity index (χ0) is 20.3. The standard InChI is InChI=1S/2C12H17.2CH3.2ClH.GeH2.Hf/c2*1-9(2)12-7-10-5-3-4-6-11(10)8-12;;;;;;/h2*3-5,7,9,11-12H,6,8H2,1-2H3;2*1H3;2*1H;1H2;. The van der Waals surface area contributed by atoms with E-state index in [4.69, 9.17) is 0 Å². The summed E-state index contributed by atoms with van der Waals surface area (Å²) >= 11 is -1.55. The molecule has 4 heteroatoms. The van der Waals surface area contributed by atoms with Gasteiger partial charge in [0.25, 0.3) is 0 Å². The zero-order valence-corrected chi connectivity index (χ0v) is 28.1. The number of rotatable bonds is 4. The van der Waals surface area contributed by atoms with Gasteiger partial charge in [-0.05, 0) is 0 Å². The van der Waals surface area contributed by atoms with Crippen molar-refractivity contribution in [2.45, 2.75) is 70.1 Å². The minimum Gasteiger partial charge on any atom is -0.147 e. The monoisotopic (exact) mass is 680 g/mol. The van der Waals surface area contributed by atoms with Crippen molar-refractivity contribution in [1.82, 2.24) is 0 Å². The first-order valence-corrected chi connectivity index (χ1v) is 37.9. The first-order chi connectivity index (χ1) is 13.1. The van der Waals surface area contributed by atoms with Gasteiger partial charge in [0.2, 0.25) is 0 Å². The van der Waals surface area contributed by atoms with E-state index in [1.54, 1.807) is 12.2 Å². The maximum Gasteiger partial charge on any atom is -0.147 e. The van der Waals surface area contributed by atoms with Gasteiger partial charge in [-0.25, -0.2) is 0 Å². The van der Waals surface area contributed by atoms with E-state index in [1.165, 1.54) is 25.7 Å². The van der Waals surface area contributed by atoms with Crippen LogP contribution < -0.4 is 0 Å². The average molecular weight is 679 g/mol. The molecule has 0 N–H and O–H groups in total. The van der Waals surface area contributed by atoms with Crippen LogP contribution in [-0.4, -0.2) is 12.2 Å². The van der Waals surface area contributed by atoms with Crippen LogP contribution in [-0.2, 0) is 15.4 Å². The summed E-state index contributed by atoms with van der Waals surface area (Å²) < 4.78 is 7.79. The van der Waals surface area contributed by atoms with Gasteiger partial charge in [-0.3, -0.25) is 0 Å². The second-order valence-corrected chi connectivity index (χ2v) is 76.1. The Hall–Kier alpha value is 0.953. The minimum absolute atomic E-state index is 0. The van der Waals surface area contributed by atoms with E-state index in [9.17, 15) is 0 Å². The largest absolute Gasteiger partial charge is 0.147 e. The van der Waals surface area contributed by atoms with Gasteiger partial charge in [0.05, 0.1) is 0 Å². The first-order valence-electron chi connectivity index (χ1n) is 11.9. The molecule has 0 heterocycles. The van der Waals surface area contributed by atoms with Gasteiger partial charge in [-0.1, -0.05) is 0 Å². The van der Waals surface area contributed by atoms with Crippen LogP contribution in [0.15, 0.2) is 47.6 Å². The van der Waals surface area contributed by atoms with E-state index >= 15 is 0 Å². The smallest absolute Gasteiger partial charge is 0.147 e. The van der Waals surface area contributed by atoms with Gasteiger partial charge in [0.1, 0.15) is 0 Å². The molecule has 4 aliphatic carbocycles. The van der Waals surface area contributed by atoms with Crippen LogP contribution in [0.4, 0.5) is 0 Å². The van der Waals surface area contributed by atoms with E-state index in [1.807, 2.05) is 11.1 Å². The zero-order valence-electron chi connectivity index (χ0n) is 19.9. The van der Waals surface area contributed by atoms with Gasteiger partial charge in [-0.2, -0.15) is 0 Å². The normalized spacial score (nSPS) is 35.4.